The monoisotopic (exact) mass is 318 g/mol. The SMILES string of the molecule is CC(C)(C)[S+]([O-])N[C@H](CC#N)c1cccc(Cl)c1Cl. The summed E-state index contributed by atoms with van der Waals surface area (Å²) in [7, 11) is 0. The van der Waals surface area contributed by atoms with E-state index in [9.17, 15) is 4.55 Å². The van der Waals surface area contributed by atoms with Crippen LogP contribution in [0.5, 0.6) is 0 Å². The van der Waals surface area contributed by atoms with Gasteiger partial charge in [0.2, 0.25) is 0 Å². The molecular weight excluding hydrogens is 303 g/mol. The van der Waals surface area contributed by atoms with Crippen LogP contribution < -0.4 is 4.72 Å². The number of hydrogen-bond acceptors (Lipinski definition) is 3. The van der Waals surface area contributed by atoms with E-state index in [0.29, 0.717) is 15.6 Å². The van der Waals surface area contributed by atoms with Gasteiger partial charge in [-0.3, -0.25) is 0 Å². The maximum absolute atomic E-state index is 12.1. The minimum Gasteiger partial charge on any atom is -0.598 e. The van der Waals surface area contributed by atoms with Crippen LogP contribution in [0.4, 0.5) is 0 Å². The fraction of sp³-hybridized carbons (Fsp3) is 0.462. The lowest BCUT2D eigenvalue weighted by Crippen LogP contribution is -2.41. The summed E-state index contributed by atoms with van der Waals surface area (Å²) in [4.78, 5) is 0. The van der Waals surface area contributed by atoms with Gasteiger partial charge in [0, 0.05) is 11.4 Å². The Morgan fingerprint density at radius 1 is 1.42 bits per heavy atom. The van der Waals surface area contributed by atoms with E-state index in [1.165, 1.54) is 0 Å². The van der Waals surface area contributed by atoms with E-state index in [1.807, 2.05) is 20.8 Å². The highest BCUT2D eigenvalue weighted by molar-refractivity contribution is 7.90. The van der Waals surface area contributed by atoms with E-state index in [4.69, 9.17) is 28.5 Å². The minimum absolute atomic E-state index is 0.169. The molecule has 0 spiro atoms. The molecule has 1 aromatic rings. The molecule has 1 N–H and O–H groups in total. The molecule has 104 valence electrons. The Balaban J connectivity index is 3.02. The summed E-state index contributed by atoms with van der Waals surface area (Å²) in [6.07, 6.45) is 0.169. The molecule has 0 bridgehead atoms. The molecule has 2 atom stereocenters. The molecule has 19 heavy (non-hydrogen) atoms. The maximum atomic E-state index is 12.1. The lowest BCUT2D eigenvalue weighted by Gasteiger charge is -2.27. The minimum atomic E-state index is -1.29. The van der Waals surface area contributed by atoms with Crippen molar-refractivity contribution in [2.75, 3.05) is 0 Å². The lowest BCUT2D eigenvalue weighted by atomic mass is 10.1. The molecule has 0 heterocycles. The number of nitrogens with zero attached hydrogens (tertiary/aromatic N) is 1. The van der Waals surface area contributed by atoms with Crippen molar-refractivity contribution in [1.82, 2.24) is 4.72 Å². The average Bonchev–Trinajstić information content (AvgIpc) is 2.31. The number of benzene rings is 1. The van der Waals surface area contributed by atoms with E-state index >= 15 is 0 Å². The summed E-state index contributed by atoms with van der Waals surface area (Å²) < 4.78 is 14.7. The van der Waals surface area contributed by atoms with E-state index in [2.05, 4.69) is 10.8 Å². The Hall–Kier alpha value is -0.440. The average molecular weight is 319 g/mol. The van der Waals surface area contributed by atoms with Crippen molar-refractivity contribution >= 4 is 34.6 Å². The molecule has 1 unspecified atom stereocenters. The van der Waals surface area contributed by atoms with Crippen LogP contribution in [0, 0.1) is 11.3 Å². The van der Waals surface area contributed by atoms with Crippen LogP contribution in [-0.2, 0) is 11.4 Å². The zero-order valence-electron chi connectivity index (χ0n) is 11.0. The van der Waals surface area contributed by atoms with E-state index in [1.54, 1.807) is 18.2 Å². The van der Waals surface area contributed by atoms with Crippen LogP contribution in [0.3, 0.4) is 0 Å². The second-order valence-corrected chi connectivity index (χ2v) is 7.84. The smallest absolute Gasteiger partial charge is 0.136 e. The van der Waals surface area contributed by atoms with Gasteiger partial charge in [0.05, 0.1) is 28.6 Å². The topological polar surface area (TPSA) is 58.9 Å². The molecule has 0 fully saturated rings. The first-order valence-electron chi connectivity index (χ1n) is 5.76. The number of nitriles is 1. The lowest BCUT2D eigenvalue weighted by molar-refractivity contribution is 0.525. The van der Waals surface area contributed by atoms with E-state index in [-0.39, 0.29) is 6.42 Å². The van der Waals surface area contributed by atoms with Crippen LogP contribution >= 0.6 is 23.2 Å². The molecule has 0 saturated heterocycles. The van der Waals surface area contributed by atoms with Crippen molar-refractivity contribution in [2.45, 2.75) is 38.0 Å². The Bertz CT molecular complexity index is 483. The fourth-order valence-corrected chi connectivity index (χ4v) is 2.66. The molecule has 0 aromatic heterocycles. The summed E-state index contributed by atoms with van der Waals surface area (Å²) in [6, 6.07) is 6.88. The highest BCUT2D eigenvalue weighted by Gasteiger charge is 2.30. The molecule has 0 amide bonds. The van der Waals surface area contributed by atoms with E-state index in [0.717, 1.165) is 0 Å². The van der Waals surface area contributed by atoms with Crippen molar-refractivity contribution in [1.29, 1.82) is 5.26 Å². The fourth-order valence-electron chi connectivity index (χ4n) is 1.40. The van der Waals surface area contributed by atoms with Crippen LogP contribution in [0.25, 0.3) is 0 Å². The Morgan fingerprint density at radius 2 is 2.05 bits per heavy atom. The predicted molar refractivity (Wildman–Crippen MR) is 80.5 cm³/mol. The Morgan fingerprint density at radius 3 is 2.58 bits per heavy atom. The Kier molecular flexibility index (Phi) is 5.97. The molecule has 0 radical (unpaired) electrons. The zero-order valence-corrected chi connectivity index (χ0v) is 13.4. The second-order valence-electron chi connectivity index (χ2n) is 5.06. The van der Waals surface area contributed by atoms with Crippen molar-refractivity contribution < 1.29 is 4.55 Å². The van der Waals surface area contributed by atoms with Gasteiger partial charge in [-0.1, -0.05) is 35.3 Å². The molecule has 1 aromatic carbocycles. The number of halogens is 2. The van der Waals surface area contributed by atoms with Gasteiger partial charge < -0.3 is 4.55 Å². The highest BCUT2D eigenvalue weighted by atomic mass is 35.5. The molecule has 6 heteroatoms. The zero-order chi connectivity index (χ0) is 14.6. The summed E-state index contributed by atoms with van der Waals surface area (Å²) in [5.74, 6) is 0. The largest absolute Gasteiger partial charge is 0.598 e. The normalized spacial score (nSPS) is 14.8. The molecular formula is C13H16Cl2N2OS. The van der Waals surface area contributed by atoms with E-state index < -0.39 is 22.2 Å². The van der Waals surface area contributed by atoms with Crippen LogP contribution in [0.1, 0.15) is 38.8 Å². The molecule has 3 nitrogen and oxygen atoms in total. The van der Waals surface area contributed by atoms with Gasteiger partial charge in [0.15, 0.2) is 0 Å². The van der Waals surface area contributed by atoms with Gasteiger partial charge in [-0.25, -0.2) is 0 Å². The van der Waals surface area contributed by atoms with Crippen molar-refractivity contribution in [3.63, 3.8) is 0 Å². The highest BCUT2D eigenvalue weighted by Crippen LogP contribution is 2.32. The molecule has 1 rings (SSSR count). The maximum Gasteiger partial charge on any atom is 0.136 e. The molecule has 0 aliphatic carbocycles. The summed E-state index contributed by atoms with van der Waals surface area (Å²) in [5.41, 5.74) is 0.688. The summed E-state index contributed by atoms with van der Waals surface area (Å²) >= 11 is 10.8. The quantitative estimate of drug-likeness (QED) is 0.853. The van der Waals surface area contributed by atoms with Crippen molar-refractivity contribution in [3.05, 3.63) is 33.8 Å². The summed E-state index contributed by atoms with van der Waals surface area (Å²) in [6.45, 7) is 5.58. The van der Waals surface area contributed by atoms with Gasteiger partial charge in [-0.2, -0.15) is 5.26 Å². The second kappa shape index (κ2) is 6.83. The number of nitrogens with one attached hydrogen (secondary N) is 1. The third-order valence-electron chi connectivity index (χ3n) is 2.46. The third-order valence-corrected chi connectivity index (χ3v) is 4.90. The van der Waals surface area contributed by atoms with Crippen molar-refractivity contribution in [2.24, 2.45) is 0 Å². The van der Waals surface area contributed by atoms with Gasteiger partial charge in [0.1, 0.15) is 4.75 Å². The number of rotatable bonds is 4. The molecule has 0 aliphatic heterocycles. The van der Waals surface area contributed by atoms with Crippen LogP contribution in [0.15, 0.2) is 18.2 Å². The molecule has 0 aliphatic rings. The predicted octanol–water partition coefficient (Wildman–Crippen LogP) is 4.00. The first kappa shape index (κ1) is 16.6. The van der Waals surface area contributed by atoms with Gasteiger partial charge in [-0.05, 0) is 32.4 Å². The van der Waals surface area contributed by atoms with Crippen LogP contribution in [0.2, 0.25) is 10.0 Å². The standard InChI is InChI=1S/C13H16Cl2N2OS/c1-13(2,3)19(18)17-11(7-8-16)9-5-4-6-10(14)12(9)15/h4-6,11,17H,7H2,1-3H3/t11-,19?/m1/s1. The van der Waals surface area contributed by atoms with Gasteiger partial charge in [0.25, 0.3) is 0 Å². The van der Waals surface area contributed by atoms with Crippen molar-refractivity contribution in [3.8, 4) is 6.07 Å². The molecule has 0 saturated carbocycles. The first-order valence-corrected chi connectivity index (χ1v) is 7.67. The summed E-state index contributed by atoms with van der Waals surface area (Å²) in [5, 5.41) is 9.72. The van der Waals surface area contributed by atoms with Gasteiger partial charge >= 0.3 is 0 Å². The third kappa shape index (κ3) is 4.55. The number of hydrogen-bond donors (Lipinski definition) is 1. The van der Waals surface area contributed by atoms with Crippen LogP contribution in [-0.4, -0.2) is 9.30 Å². The van der Waals surface area contributed by atoms with Gasteiger partial charge in [-0.15, -0.1) is 4.72 Å². The Labute approximate surface area is 127 Å². The first-order chi connectivity index (χ1) is 8.77.